The molecule has 2 aliphatic heterocycles. The maximum absolute atomic E-state index is 14.8. The molecule has 0 bridgehead atoms. The predicted molar refractivity (Wildman–Crippen MR) is 199 cm³/mol. The van der Waals surface area contributed by atoms with Gasteiger partial charge in [0.15, 0.2) is 30.6 Å². The number of carbonyl (C=O) groups excluding carboxylic acids is 1. The van der Waals surface area contributed by atoms with Crippen molar-refractivity contribution in [3.63, 3.8) is 0 Å². The molecule has 0 aromatic heterocycles. The Morgan fingerprint density at radius 2 is 1.28 bits per heavy atom. The van der Waals surface area contributed by atoms with E-state index in [4.69, 9.17) is 18.9 Å². The monoisotopic (exact) mass is 822 g/mol. The van der Waals surface area contributed by atoms with Crippen LogP contribution in [0.5, 0.6) is 0 Å². The lowest BCUT2D eigenvalue weighted by Gasteiger charge is -2.70. The summed E-state index contributed by atoms with van der Waals surface area (Å²) in [7, 11) is 0. The molecule has 16 nitrogen and oxygen atoms in total. The molecule has 0 radical (unpaired) electrons. The lowest BCUT2D eigenvalue weighted by atomic mass is 9.33. The first-order valence-corrected chi connectivity index (χ1v) is 20.7. The third-order valence-corrected chi connectivity index (χ3v) is 17.2. The van der Waals surface area contributed by atoms with E-state index >= 15 is 0 Å². The summed E-state index contributed by atoms with van der Waals surface area (Å²) in [5.41, 5.74) is -1.81. The van der Waals surface area contributed by atoms with Crippen molar-refractivity contribution in [3.05, 3.63) is 11.6 Å². The second-order valence-electron chi connectivity index (χ2n) is 20.6. The highest BCUT2D eigenvalue weighted by molar-refractivity contribution is 5.95. The van der Waals surface area contributed by atoms with E-state index < -0.39 is 107 Å². The first-order valence-electron chi connectivity index (χ1n) is 20.7. The highest BCUT2D eigenvalue weighted by Crippen LogP contribution is 2.75. The van der Waals surface area contributed by atoms with E-state index in [9.17, 15) is 60.0 Å². The number of ketones is 1. The third kappa shape index (κ3) is 6.25. The first-order chi connectivity index (χ1) is 26.8. The molecule has 7 aliphatic rings. The molecule has 2 saturated heterocycles. The number of allylic oxidation sites excluding steroid dienone is 2. The topological polar surface area (TPSA) is 267 Å². The molecule has 8 N–H and O–H groups in total. The average molecular weight is 823 g/mol. The Morgan fingerprint density at radius 3 is 1.88 bits per heavy atom. The van der Waals surface area contributed by atoms with Crippen LogP contribution in [0.3, 0.4) is 0 Å². The highest BCUT2D eigenvalue weighted by atomic mass is 16.8. The Bertz CT molecular complexity index is 1730. The Morgan fingerprint density at radius 1 is 0.690 bits per heavy atom. The first kappa shape index (κ1) is 43.5. The second-order valence-corrected chi connectivity index (χ2v) is 20.6. The molecule has 2 heterocycles. The summed E-state index contributed by atoms with van der Waals surface area (Å²) in [4.78, 5) is 51.3. The van der Waals surface area contributed by atoms with Gasteiger partial charge in [0.2, 0.25) is 0 Å². The van der Waals surface area contributed by atoms with Gasteiger partial charge >= 0.3 is 17.9 Å². The Balaban J connectivity index is 1.17. The molecule has 5 aliphatic carbocycles. The van der Waals surface area contributed by atoms with E-state index in [1.54, 1.807) is 0 Å². The van der Waals surface area contributed by atoms with E-state index in [0.717, 1.165) is 37.7 Å². The maximum Gasteiger partial charge on any atom is 0.335 e. The SMILES string of the molecule is CC1(C)[C@@H](O[C@H]2O[C@H](C(=O)O)[C@@H](O)[C@H](O)[C@H]2OC2O[C@H](C(=O)O)C(O)[C@H](O)[C@H]2O)CC[C@]2(C)[C@H]3C(=O)C=C4[C@@H]5C[C@@](C)(C(=O)O)CC[C@]5(C)CC[C@@]4(C)[C@]3(C)CC[C@@H]12. The Kier molecular flexibility index (Phi) is 10.7. The summed E-state index contributed by atoms with van der Waals surface area (Å²) in [6.07, 6.45) is -12.2. The predicted octanol–water partition coefficient (Wildman–Crippen LogP) is 2.25. The molecular weight excluding hydrogens is 760 g/mol. The zero-order valence-electron chi connectivity index (χ0n) is 34.4. The number of aliphatic hydroxyl groups excluding tert-OH is 5. The lowest BCUT2D eigenvalue weighted by Crippen LogP contribution is -2.68. The number of carbonyl (C=O) groups is 4. The van der Waals surface area contributed by atoms with Crippen molar-refractivity contribution in [3.8, 4) is 0 Å². The Labute approximate surface area is 337 Å². The molecular formula is C42H62O16. The highest BCUT2D eigenvalue weighted by Gasteiger charge is 2.71. The average Bonchev–Trinajstić information content (AvgIpc) is 3.13. The van der Waals surface area contributed by atoms with Crippen LogP contribution in [0.25, 0.3) is 0 Å². The van der Waals surface area contributed by atoms with Crippen molar-refractivity contribution in [2.75, 3.05) is 0 Å². The molecule has 2 unspecified atom stereocenters. The smallest absolute Gasteiger partial charge is 0.335 e. The minimum absolute atomic E-state index is 0.0217. The van der Waals surface area contributed by atoms with Gasteiger partial charge in [-0.3, -0.25) is 9.59 Å². The van der Waals surface area contributed by atoms with Crippen LogP contribution in [-0.4, -0.2) is 132 Å². The summed E-state index contributed by atoms with van der Waals surface area (Å²) >= 11 is 0. The van der Waals surface area contributed by atoms with E-state index in [1.165, 1.54) is 0 Å². The molecule has 0 aromatic carbocycles. The number of ether oxygens (including phenoxy) is 4. The van der Waals surface area contributed by atoms with Crippen molar-refractivity contribution >= 4 is 23.7 Å². The number of fused-ring (bicyclic) bond motifs is 7. The largest absolute Gasteiger partial charge is 0.481 e. The summed E-state index contributed by atoms with van der Waals surface area (Å²) in [6, 6.07) is 0. The number of hydrogen-bond donors (Lipinski definition) is 8. The molecule has 4 saturated carbocycles. The van der Waals surface area contributed by atoms with Gasteiger partial charge in [0.05, 0.1) is 11.5 Å². The fourth-order valence-electron chi connectivity index (χ4n) is 13.4. The van der Waals surface area contributed by atoms with Crippen LogP contribution in [0.2, 0.25) is 0 Å². The van der Waals surface area contributed by atoms with E-state index in [-0.39, 0.29) is 34.4 Å². The number of hydrogen-bond acceptors (Lipinski definition) is 13. The van der Waals surface area contributed by atoms with E-state index in [0.29, 0.717) is 25.7 Å². The zero-order valence-corrected chi connectivity index (χ0v) is 34.4. The van der Waals surface area contributed by atoms with Crippen molar-refractivity contribution in [1.29, 1.82) is 0 Å². The zero-order chi connectivity index (χ0) is 42.9. The molecule has 0 aromatic rings. The maximum atomic E-state index is 14.8. The molecule has 326 valence electrons. The van der Waals surface area contributed by atoms with Crippen LogP contribution in [0, 0.1) is 50.2 Å². The van der Waals surface area contributed by atoms with E-state index in [2.05, 4.69) is 27.7 Å². The van der Waals surface area contributed by atoms with Crippen molar-refractivity contribution in [1.82, 2.24) is 0 Å². The van der Waals surface area contributed by atoms with Gasteiger partial charge in [-0.15, -0.1) is 0 Å². The molecule has 0 spiro atoms. The van der Waals surface area contributed by atoms with E-state index in [1.807, 2.05) is 26.8 Å². The van der Waals surface area contributed by atoms with Crippen molar-refractivity contribution in [2.45, 2.75) is 174 Å². The number of aliphatic hydroxyl groups is 5. The molecule has 0 amide bonds. The summed E-state index contributed by atoms with van der Waals surface area (Å²) in [6.45, 7) is 14.8. The van der Waals surface area contributed by atoms with Crippen LogP contribution in [0.1, 0.15) is 106 Å². The van der Waals surface area contributed by atoms with Crippen LogP contribution >= 0.6 is 0 Å². The fraction of sp³-hybridized carbons (Fsp3) is 0.857. The molecule has 7 rings (SSSR count). The van der Waals surface area contributed by atoms with Gasteiger partial charge in [-0.25, -0.2) is 9.59 Å². The minimum atomic E-state index is -2.05. The lowest BCUT2D eigenvalue weighted by molar-refractivity contribution is -0.371. The number of aliphatic carboxylic acids is 3. The molecule has 19 atom stereocenters. The van der Waals surface area contributed by atoms with Crippen LogP contribution in [0.15, 0.2) is 11.6 Å². The number of rotatable bonds is 7. The van der Waals surface area contributed by atoms with Gasteiger partial charge in [0.1, 0.15) is 36.6 Å². The van der Waals surface area contributed by atoms with Gasteiger partial charge < -0.3 is 59.8 Å². The van der Waals surface area contributed by atoms with Crippen LogP contribution in [-0.2, 0) is 38.1 Å². The van der Waals surface area contributed by atoms with Gasteiger partial charge in [-0.1, -0.05) is 47.1 Å². The molecule has 16 heteroatoms. The van der Waals surface area contributed by atoms with Crippen molar-refractivity contribution in [2.24, 2.45) is 50.2 Å². The van der Waals surface area contributed by atoms with Gasteiger partial charge in [0, 0.05) is 5.92 Å². The minimum Gasteiger partial charge on any atom is -0.481 e. The number of carboxylic acid groups (broad SMARTS) is 3. The normalized spacial score (nSPS) is 52.6. The summed E-state index contributed by atoms with van der Waals surface area (Å²) in [5, 5.41) is 83.0. The third-order valence-electron chi connectivity index (χ3n) is 17.2. The standard InChI is InChI=1S/C42H62O16/c1-37(2)21-8-11-42(7)31(20(43)16-18-19-17-39(4,36(53)54)13-12-38(19,3)14-15-41(18,42)6)40(21,5)10-9-22(37)55-35-30(26(47)25(46)29(57-35)33(51)52)58-34-27(48)23(44)24(45)28(56-34)32(49)50/h16,19,21-31,34-35,44-48H,8-15,17H2,1-7H3,(H,49,50)(H,51,52)(H,53,54)/t19-,21-,22-,23-,24?,25-,26-,27+,28-,29-,30+,31+,34?,35-,38+,39-,40-,41+,42+/m0/s1. The van der Waals surface area contributed by atoms with Crippen LogP contribution < -0.4 is 0 Å². The molecule has 58 heavy (non-hydrogen) atoms. The van der Waals surface area contributed by atoms with Gasteiger partial charge in [-0.05, 0) is 110 Å². The van der Waals surface area contributed by atoms with Crippen LogP contribution in [0.4, 0.5) is 0 Å². The fourth-order valence-corrected chi connectivity index (χ4v) is 13.4. The van der Waals surface area contributed by atoms with Crippen molar-refractivity contribution < 1.29 is 79.0 Å². The van der Waals surface area contributed by atoms with Gasteiger partial charge in [-0.2, -0.15) is 0 Å². The quantitative estimate of drug-likeness (QED) is 0.171. The van der Waals surface area contributed by atoms with Gasteiger partial charge in [0.25, 0.3) is 0 Å². The Hall–Kier alpha value is -2.54. The molecule has 6 fully saturated rings. The summed E-state index contributed by atoms with van der Waals surface area (Å²) in [5.74, 6) is -4.47. The second kappa shape index (κ2) is 14.3. The number of carboxylic acids is 3. The summed E-state index contributed by atoms with van der Waals surface area (Å²) < 4.78 is 23.4.